The largest absolute Gasteiger partial charge is 0.507 e. The van der Waals surface area contributed by atoms with Gasteiger partial charge < -0.3 is 14.6 Å². The van der Waals surface area contributed by atoms with Gasteiger partial charge in [0.05, 0.1) is 6.26 Å². The Hall–Kier alpha value is -2.23. The van der Waals surface area contributed by atoms with Gasteiger partial charge in [-0.1, -0.05) is 12.1 Å². The molecule has 4 nitrogen and oxygen atoms in total. The molecule has 1 aromatic carbocycles. The van der Waals surface area contributed by atoms with E-state index < -0.39 is 5.97 Å². The minimum absolute atomic E-state index is 0.146. The van der Waals surface area contributed by atoms with Crippen molar-refractivity contribution in [3.05, 3.63) is 42.2 Å². The van der Waals surface area contributed by atoms with E-state index in [1.54, 1.807) is 24.3 Å². The highest BCUT2D eigenvalue weighted by Gasteiger charge is 2.17. The monoisotopic (exact) mass is 204 g/mol. The molecule has 4 heteroatoms. The molecule has 0 aliphatic rings. The van der Waals surface area contributed by atoms with Crippen LogP contribution in [0, 0.1) is 0 Å². The first-order valence-electron chi connectivity index (χ1n) is 4.29. The lowest BCUT2D eigenvalue weighted by Crippen LogP contribution is -1.99. The van der Waals surface area contributed by atoms with Gasteiger partial charge in [0.1, 0.15) is 17.1 Å². The van der Waals surface area contributed by atoms with Crippen LogP contribution in [0.15, 0.2) is 41.0 Å². The van der Waals surface area contributed by atoms with Crippen LogP contribution in [0.2, 0.25) is 0 Å². The molecule has 0 atom stereocenters. The predicted molar refractivity (Wildman–Crippen MR) is 52.8 cm³/mol. The number of aromatic hydroxyl groups is 1. The molecule has 2 N–H and O–H groups in total. The second-order valence-corrected chi connectivity index (χ2v) is 2.98. The van der Waals surface area contributed by atoms with Crippen LogP contribution in [-0.4, -0.2) is 16.2 Å². The highest BCUT2D eigenvalue weighted by Crippen LogP contribution is 2.30. The average Bonchev–Trinajstić information content (AvgIpc) is 2.69. The van der Waals surface area contributed by atoms with E-state index in [-0.39, 0.29) is 11.3 Å². The summed E-state index contributed by atoms with van der Waals surface area (Å²) in [5, 5.41) is 18.4. The number of benzene rings is 1. The molecule has 0 spiro atoms. The van der Waals surface area contributed by atoms with Gasteiger partial charge in [0, 0.05) is 5.56 Å². The Balaban J connectivity index is 2.66. The lowest BCUT2D eigenvalue weighted by Gasteiger charge is -2.04. The van der Waals surface area contributed by atoms with Crippen molar-refractivity contribution in [2.24, 2.45) is 0 Å². The standard InChI is InChI=1S/C11H8O4/c12-8-4-1-3-7(10(8)11(13)14)9-5-2-6-15-9/h1-6,12H,(H,13,14). The topological polar surface area (TPSA) is 70.7 Å². The van der Waals surface area contributed by atoms with Crippen molar-refractivity contribution in [3.8, 4) is 17.1 Å². The first-order chi connectivity index (χ1) is 7.20. The number of carboxylic acids is 1. The Bertz CT molecular complexity index is 485. The molecule has 0 radical (unpaired) electrons. The van der Waals surface area contributed by atoms with E-state index in [1.807, 2.05) is 0 Å². The van der Waals surface area contributed by atoms with Crippen LogP contribution in [-0.2, 0) is 0 Å². The summed E-state index contributed by atoms with van der Waals surface area (Å²) >= 11 is 0. The molecule has 2 aromatic rings. The molecule has 2 rings (SSSR count). The average molecular weight is 204 g/mol. The normalized spacial score (nSPS) is 10.1. The molecule has 1 aromatic heterocycles. The van der Waals surface area contributed by atoms with Crippen molar-refractivity contribution in [2.45, 2.75) is 0 Å². The van der Waals surface area contributed by atoms with Crippen molar-refractivity contribution in [1.82, 2.24) is 0 Å². The van der Waals surface area contributed by atoms with E-state index in [1.165, 1.54) is 12.3 Å². The zero-order valence-electron chi connectivity index (χ0n) is 7.68. The van der Waals surface area contributed by atoms with Gasteiger partial charge in [-0.15, -0.1) is 0 Å². The molecule has 0 fully saturated rings. The van der Waals surface area contributed by atoms with Crippen molar-refractivity contribution in [3.63, 3.8) is 0 Å². The summed E-state index contributed by atoms with van der Waals surface area (Å²) < 4.78 is 5.09. The molecule has 0 aliphatic carbocycles. The van der Waals surface area contributed by atoms with Gasteiger partial charge in [-0.05, 0) is 18.2 Å². The molecule has 0 saturated heterocycles. The number of rotatable bonds is 2. The van der Waals surface area contributed by atoms with Gasteiger partial charge >= 0.3 is 5.97 Å². The number of carboxylic acid groups (broad SMARTS) is 1. The van der Waals surface area contributed by atoms with E-state index in [4.69, 9.17) is 9.52 Å². The number of aromatic carboxylic acids is 1. The minimum atomic E-state index is -1.18. The Morgan fingerprint density at radius 2 is 2.00 bits per heavy atom. The van der Waals surface area contributed by atoms with Crippen LogP contribution in [0.3, 0.4) is 0 Å². The van der Waals surface area contributed by atoms with E-state index in [9.17, 15) is 9.90 Å². The fourth-order valence-corrected chi connectivity index (χ4v) is 1.40. The van der Waals surface area contributed by atoms with Crippen LogP contribution in [0.25, 0.3) is 11.3 Å². The third-order valence-electron chi connectivity index (χ3n) is 2.04. The summed E-state index contributed by atoms with van der Waals surface area (Å²) in [6.45, 7) is 0. The third kappa shape index (κ3) is 1.57. The molecule has 0 unspecified atom stereocenters. The number of hydrogen-bond donors (Lipinski definition) is 2. The maximum absolute atomic E-state index is 10.9. The highest BCUT2D eigenvalue weighted by atomic mass is 16.4. The van der Waals surface area contributed by atoms with Crippen LogP contribution < -0.4 is 0 Å². The second kappa shape index (κ2) is 3.49. The molecule has 1 heterocycles. The van der Waals surface area contributed by atoms with Gasteiger partial charge in [0.2, 0.25) is 0 Å². The molecule has 0 aliphatic heterocycles. The maximum Gasteiger partial charge on any atom is 0.340 e. The van der Waals surface area contributed by atoms with Crippen LogP contribution in [0.5, 0.6) is 5.75 Å². The summed E-state index contributed by atoms with van der Waals surface area (Å²) in [5.41, 5.74) is 0.222. The lowest BCUT2D eigenvalue weighted by molar-refractivity contribution is 0.0694. The Morgan fingerprint density at radius 3 is 2.60 bits per heavy atom. The summed E-state index contributed by atoms with van der Waals surface area (Å²) in [7, 11) is 0. The van der Waals surface area contributed by atoms with Gasteiger partial charge in [-0.2, -0.15) is 0 Å². The van der Waals surface area contributed by atoms with E-state index in [2.05, 4.69) is 0 Å². The van der Waals surface area contributed by atoms with Gasteiger partial charge in [-0.25, -0.2) is 4.79 Å². The molecular weight excluding hydrogens is 196 g/mol. The van der Waals surface area contributed by atoms with Crippen LogP contribution in [0.4, 0.5) is 0 Å². The summed E-state index contributed by atoms with van der Waals surface area (Å²) in [6.07, 6.45) is 1.45. The molecule has 76 valence electrons. The van der Waals surface area contributed by atoms with E-state index in [0.29, 0.717) is 11.3 Å². The maximum atomic E-state index is 10.9. The SMILES string of the molecule is O=C(O)c1c(O)cccc1-c1ccco1. The van der Waals surface area contributed by atoms with Crippen molar-refractivity contribution in [2.75, 3.05) is 0 Å². The molecular formula is C11H8O4. The highest BCUT2D eigenvalue weighted by molar-refractivity contribution is 5.98. The molecule has 0 bridgehead atoms. The fraction of sp³-hybridized carbons (Fsp3) is 0. The van der Waals surface area contributed by atoms with Gasteiger partial charge in [0.15, 0.2) is 0 Å². The van der Waals surface area contributed by atoms with E-state index in [0.717, 1.165) is 0 Å². The molecule has 0 amide bonds. The van der Waals surface area contributed by atoms with Crippen LogP contribution >= 0.6 is 0 Å². The molecule has 15 heavy (non-hydrogen) atoms. The van der Waals surface area contributed by atoms with Gasteiger partial charge in [0.25, 0.3) is 0 Å². The lowest BCUT2D eigenvalue weighted by atomic mass is 10.0. The first-order valence-corrected chi connectivity index (χ1v) is 4.29. The first kappa shape index (κ1) is 9.33. The predicted octanol–water partition coefficient (Wildman–Crippen LogP) is 2.35. The fourth-order valence-electron chi connectivity index (χ4n) is 1.40. The number of furan rings is 1. The molecule has 0 saturated carbocycles. The number of hydrogen-bond acceptors (Lipinski definition) is 3. The zero-order valence-corrected chi connectivity index (χ0v) is 7.68. The second-order valence-electron chi connectivity index (χ2n) is 2.98. The van der Waals surface area contributed by atoms with Crippen molar-refractivity contribution in [1.29, 1.82) is 0 Å². The van der Waals surface area contributed by atoms with Crippen molar-refractivity contribution < 1.29 is 19.4 Å². The summed E-state index contributed by atoms with van der Waals surface area (Å²) in [5.74, 6) is -1.03. The zero-order chi connectivity index (χ0) is 10.8. The number of phenols is 1. The quantitative estimate of drug-likeness (QED) is 0.787. The smallest absolute Gasteiger partial charge is 0.340 e. The van der Waals surface area contributed by atoms with Gasteiger partial charge in [-0.3, -0.25) is 0 Å². The third-order valence-corrected chi connectivity index (χ3v) is 2.04. The number of carbonyl (C=O) groups is 1. The minimum Gasteiger partial charge on any atom is -0.507 e. The van der Waals surface area contributed by atoms with Crippen molar-refractivity contribution >= 4 is 5.97 Å². The Morgan fingerprint density at radius 1 is 1.20 bits per heavy atom. The van der Waals surface area contributed by atoms with Crippen LogP contribution in [0.1, 0.15) is 10.4 Å². The van der Waals surface area contributed by atoms with E-state index >= 15 is 0 Å². The Kier molecular flexibility index (Phi) is 2.17. The Labute approximate surface area is 85.4 Å². The summed E-state index contributed by atoms with van der Waals surface area (Å²) in [4.78, 5) is 10.9. The summed E-state index contributed by atoms with van der Waals surface area (Å²) in [6, 6.07) is 7.78.